The molecular formula is C21H19N3O. The molecule has 1 aromatic heterocycles. The number of nitrogens with two attached hydrogens (primary N) is 1. The van der Waals surface area contributed by atoms with Crippen molar-refractivity contribution in [2.24, 2.45) is 0 Å². The lowest BCUT2D eigenvalue weighted by Crippen LogP contribution is -2.00. The summed E-state index contributed by atoms with van der Waals surface area (Å²) in [5.41, 5.74) is 11.0. The second kappa shape index (κ2) is 7.06. The third-order valence-electron chi connectivity index (χ3n) is 3.98. The summed E-state index contributed by atoms with van der Waals surface area (Å²) in [6.07, 6.45) is 0. The fourth-order valence-electron chi connectivity index (χ4n) is 2.68. The highest BCUT2D eigenvalue weighted by Crippen LogP contribution is 2.31. The van der Waals surface area contributed by atoms with E-state index < -0.39 is 0 Å². The maximum Gasteiger partial charge on any atom is 0.142 e. The summed E-state index contributed by atoms with van der Waals surface area (Å²) in [5.74, 6) is 1.05. The first-order chi connectivity index (χ1) is 12.1. The van der Waals surface area contributed by atoms with Crippen LogP contribution in [0.4, 0.5) is 5.82 Å². The molecule has 1 heterocycles. The minimum atomic E-state index is 0.240. The van der Waals surface area contributed by atoms with E-state index in [1.54, 1.807) is 0 Å². The zero-order valence-corrected chi connectivity index (χ0v) is 14.3. The van der Waals surface area contributed by atoms with Crippen molar-refractivity contribution in [3.05, 3.63) is 65.7 Å². The van der Waals surface area contributed by atoms with Crippen molar-refractivity contribution >= 4 is 5.82 Å². The summed E-state index contributed by atoms with van der Waals surface area (Å²) in [7, 11) is 0. The lowest BCUT2D eigenvalue weighted by Gasteiger charge is -2.11. The van der Waals surface area contributed by atoms with Crippen molar-refractivity contribution in [3.8, 4) is 34.2 Å². The van der Waals surface area contributed by atoms with E-state index in [1.807, 2.05) is 68.4 Å². The number of hydrogen-bond acceptors (Lipinski definition) is 4. The van der Waals surface area contributed by atoms with Gasteiger partial charge in [-0.2, -0.15) is 5.26 Å². The van der Waals surface area contributed by atoms with Crippen LogP contribution in [-0.4, -0.2) is 11.6 Å². The molecule has 0 saturated carbocycles. The van der Waals surface area contributed by atoms with Crippen LogP contribution in [0, 0.1) is 18.3 Å². The van der Waals surface area contributed by atoms with Crippen molar-refractivity contribution in [2.45, 2.75) is 13.8 Å². The van der Waals surface area contributed by atoms with Crippen molar-refractivity contribution in [1.29, 1.82) is 5.26 Å². The number of pyridine rings is 1. The Morgan fingerprint density at radius 2 is 1.68 bits per heavy atom. The second-order valence-corrected chi connectivity index (χ2v) is 5.75. The number of aryl methyl sites for hydroxylation is 1. The fourth-order valence-corrected chi connectivity index (χ4v) is 2.68. The van der Waals surface area contributed by atoms with Gasteiger partial charge in [0.25, 0.3) is 0 Å². The molecule has 4 heteroatoms. The molecule has 2 aromatic carbocycles. The molecule has 0 aliphatic carbocycles. The Morgan fingerprint density at radius 3 is 2.28 bits per heavy atom. The van der Waals surface area contributed by atoms with Gasteiger partial charge in [0.05, 0.1) is 12.3 Å². The standard InChI is InChI=1S/C21H19N3O/c1-3-25-17-10-8-16(9-11-17)20-12-18(19(13-22)21(23)24-20)15-6-4-14(2)5-7-15/h4-12H,3H2,1-2H3,(H2,23,24). The molecule has 0 radical (unpaired) electrons. The van der Waals surface area contributed by atoms with Crippen LogP contribution in [0.5, 0.6) is 5.75 Å². The Labute approximate surface area is 147 Å². The molecule has 0 amide bonds. The number of nitrogens with zero attached hydrogens (tertiary/aromatic N) is 2. The highest BCUT2D eigenvalue weighted by atomic mass is 16.5. The smallest absolute Gasteiger partial charge is 0.142 e. The first-order valence-electron chi connectivity index (χ1n) is 8.13. The van der Waals surface area contributed by atoms with Crippen LogP contribution in [0.2, 0.25) is 0 Å². The third-order valence-corrected chi connectivity index (χ3v) is 3.98. The molecule has 4 nitrogen and oxygen atoms in total. The normalized spacial score (nSPS) is 10.3. The second-order valence-electron chi connectivity index (χ2n) is 5.75. The van der Waals surface area contributed by atoms with Gasteiger partial charge in [-0.3, -0.25) is 0 Å². The van der Waals surface area contributed by atoms with E-state index >= 15 is 0 Å². The number of hydrogen-bond donors (Lipinski definition) is 1. The Bertz CT molecular complexity index is 923. The maximum absolute atomic E-state index is 9.49. The lowest BCUT2D eigenvalue weighted by molar-refractivity contribution is 0.340. The largest absolute Gasteiger partial charge is 0.494 e. The van der Waals surface area contributed by atoms with E-state index in [4.69, 9.17) is 10.5 Å². The van der Waals surface area contributed by atoms with Gasteiger partial charge in [0.1, 0.15) is 23.2 Å². The molecule has 0 aliphatic heterocycles. The Hall–Kier alpha value is -3.32. The van der Waals surface area contributed by atoms with E-state index in [0.29, 0.717) is 12.2 Å². The number of aromatic nitrogens is 1. The summed E-state index contributed by atoms with van der Waals surface area (Å²) in [5, 5.41) is 9.49. The highest BCUT2D eigenvalue weighted by Gasteiger charge is 2.13. The summed E-state index contributed by atoms with van der Waals surface area (Å²) in [4.78, 5) is 4.41. The SMILES string of the molecule is CCOc1ccc(-c2cc(-c3ccc(C)cc3)c(C#N)c(N)n2)cc1. The Morgan fingerprint density at radius 1 is 1.04 bits per heavy atom. The molecule has 0 aliphatic rings. The molecule has 0 fully saturated rings. The van der Waals surface area contributed by atoms with Gasteiger partial charge in [0.2, 0.25) is 0 Å². The van der Waals surface area contributed by atoms with E-state index in [2.05, 4.69) is 11.1 Å². The monoisotopic (exact) mass is 329 g/mol. The van der Waals surface area contributed by atoms with Gasteiger partial charge < -0.3 is 10.5 Å². The van der Waals surface area contributed by atoms with Gasteiger partial charge in [-0.25, -0.2) is 4.98 Å². The van der Waals surface area contributed by atoms with Gasteiger partial charge in [-0.05, 0) is 49.7 Å². The van der Waals surface area contributed by atoms with Crippen LogP contribution in [0.15, 0.2) is 54.6 Å². The van der Waals surface area contributed by atoms with Gasteiger partial charge >= 0.3 is 0 Å². The number of nitriles is 1. The van der Waals surface area contributed by atoms with Gasteiger partial charge in [0.15, 0.2) is 0 Å². The predicted octanol–water partition coefficient (Wildman–Crippen LogP) is 4.58. The van der Waals surface area contributed by atoms with Gasteiger partial charge in [-0.15, -0.1) is 0 Å². The Kier molecular flexibility index (Phi) is 4.67. The first kappa shape index (κ1) is 16.5. The average Bonchev–Trinajstić information content (AvgIpc) is 2.62. The summed E-state index contributed by atoms with van der Waals surface area (Å²) >= 11 is 0. The van der Waals surface area contributed by atoms with Gasteiger partial charge in [0, 0.05) is 11.1 Å². The van der Waals surface area contributed by atoms with Crippen LogP contribution in [-0.2, 0) is 0 Å². The number of ether oxygens (including phenoxy) is 1. The average molecular weight is 329 g/mol. The molecule has 0 unspecified atom stereocenters. The van der Waals surface area contributed by atoms with Crippen LogP contribution in [0.3, 0.4) is 0 Å². The molecular weight excluding hydrogens is 310 g/mol. The summed E-state index contributed by atoms with van der Waals surface area (Å²) in [6.45, 7) is 4.60. The van der Waals surface area contributed by atoms with Gasteiger partial charge in [-0.1, -0.05) is 29.8 Å². The van der Waals surface area contributed by atoms with Crippen LogP contribution >= 0.6 is 0 Å². The highest BCUT2D eigenvalue weighted by molar-refractivity contribution is 5.80. The number of benzene rings is 2. The van der Waals surface area contributed by atoms with Crippen molar-refractivity contribution in [2.75, 3.05) is 12.3 Å². The van der Waals surface area contributed by atoms with Crippen LogP contribution in [0.25, 0.3) is 22.4 Å². The quantitative estimate of drug-likeness (QED) is 0.760. The fraction of sp³-hybridized carbons (Fsp3) is 0.143. The maximum atomic E-state index is 9.49. The molecule has 3 aromatic rings. The summed E-state index contributed by atoms with van der Waals surface area (Å²) in [6, 6.07) is 19.8. The van der Waals surface area contributed by atoms with E-state index in [1.165, 1.54) is 0 Å². The summed E-state index contributed by atoms with van der Waals surface area (Å²) < 4.78 is 5.47. The lowest BCUT2D eigenvalue weighted by atomic mass is 9.98. The third kappa shape index (κ3) is 3.46. The first-order valence-corrected chi connectivity index (χ1v) is 8.13. The molecule has 25 heavy (non-hydrogen) atoms. The number of anilines is 1. The Balaban J connectivity index is 2.10. The van der Waals surface area contributed by atoms with E-state index in [0.717, 1.165) is 33.7 Å². The molecule has 0 spiro atoms. The van der Waals surface area contributed by atoms with Crippen molar-refractivity contribution in [1.82, 2.24) is 4.98 Å². The predicted molar refractivity (Wildman–Crippen MR) is 100 cm³/mol. The van der Waals surface area contributed by atoms with Crippen LogP contribution in [0.1, 0.15) is 18.1 Å². The molecule has 2 N–H and O–H groups in total. The zero-order chi connectivity index (χ0) is 17.8. The minimum absolute atomic E-state index is 0.240. The zero-order valence-electron chi connectivity index (χ0n) is 14.3. The van der Waals surface area contributed by atoms with Crippen molar-refractivity contribution in [3.63, 3.8) is 0 Å². The number of rotatable bonds is 4. The molecule has 0 atom stereocenters. The van der Waals surface area contributed by atoms with Crippen LogP contribution < -0.4 is 10.5 Å². The number of nitrogen functional groups attached to an aromatic ring is 1. The van der Waals surface area contributed by atoms with E-state index in [-0.39, 0.29) is 5.82 Å². The van der Waals surface area contributed by atoms with Crippen molar-refractivity contribution < 1.29 is 4.74 Å². The molecule has 124 valence electrons. The molecule has 3 rings (SSSR count). The topological polar surface area (TPSA) is 71.9 Å². The van der Waals surface area contributed by atoms with E-state index in [9.17, 15) is 5.26 Å². The molecule has 0 saturated heterocycles. The molecule has 0 bridgehead atoms. The minimum Gasteiger partial charge on any atom is -0.494 e.